The van der Waals surface area contributed by atoms with Gasteiger partial charge in [-0.3, -0.25) is 0 Å². The standard InChI is InChI=1S/C17H27N/c1-3-12-18-17-11-10-16(13-14(17)4-2)15-8-6-5-7-9-15/h5-9,14,16-18H,3-4,10-13H2,1-2H3. The Bertz CT molecular complexity index is 333. The van der Waals surface area contributed by atoms with Gasteiger partial charge in [0.25, 0.3) is 0 Å². The van der Waals surface area contributed by atoms with Gasteiger partial charge in [0.15, 0.2) is 0 Å². The topological polar surface area (TPSA) is 12.0 Å². The van der Waals surface area contributed by atoms with Crippen molar-refractivity contribution in [2.24, 2.45) is 5.92 Å². The Labute approximate surface area is 112 Å². The fourth-order valence-corrected chi connectivity index (χ4v) is 3.34. The molecule has 1 nitrogen and oxygen atoms in total. The molecule has 1 aromatic carbocycles. The summed E-state index contributed by atoms with van der Waals surface area (Å²) in [4.78, 5) is 0. The Morgan fingerprint density at radius 3 is 2.56 bits per heavy atom. The smallest absolute Gasteiger partial charge is 0.00956 e. The van der Waals surface area contributed by atoms with Gasteiger partial charge in [0.1, 0.15) is 0 Å². The van der Waals surface area contributed by atoms with Crippen LogP contribution >= 0.6 is 0 Å². The molecule has 2 rings (SSSR count). The Kier molecular flexibility index (Phi) is 5.25. The van der Waals surface area contributed by atoms with Crippen LogP contribution in [0, 0.1) is 5.92 Å². The molecule has 0 spiro atoms. The summed E-state index contributed by atoms with van der Waals surface area (Å²) in [5.74, 6) is 1.64. The summed E-state index contributed by atoms with van der Waals surface area (Å²) < 4.78 is 0. The van der Waals surface area contributed by atoms with E-state index in [1.54, 1.807) is 5.56 Å². The van der Waals surface area contributed by atoms with E-state index < -0.39 is 0 Å². The van der Waals surface area contributed by atoms with Gasteiger partial charge in [0.05, 0.1) is 0 Å². The van der Waals surface area contributed by atoms with Crippen LogP contribution in [0.25, 0.3) is 0 Å². The van der Waals surface area contributed by atoms with Gasteiger partial charge < -0.3 is 5.32 Å². The molecule has 1 aromatic rings. The molecule has 1 fully saturated rings. The van der Waals surface area contributed by atoms with Gasteiger partial charge in [0.2, 0.25) is 0 Å². The summed E-state index contributed by atoms with van der Waals surface area (Å²) in [6, 6.07) is 11.8. The largest absolute Gasteiger partial charge is 0.314 e. The van der Waals surface area contributed by atoms with Crippen LogP contribution in [0.5, 0.6) is 0 Å². The zero-order valence-electron chi connectivity index (χ0n) is 11.9. The van der Waals surface area contributed by atoms with E-state index in [0.29, 0.717) is 0 Å². The van der Waals surface area contributed by atoms with Gasteiger partial charge in [-0.1, -0.05) is 50.6 Å². The maximum Gasteiger partial charge on any atom is 0.00956 e. The average molecular weight is 245 g/mol. The van der Waals surface area contributed by atoms with Crippen LogP contribution < -0.4 is 5.32 Å². The van der Waals surface area contributed by atoms with E-state index in [-0.39, 0.29) is 0 Å². The van der Waals surface area contributed by atoms with Crippen molar-refractivity contribution >= 4 is 0 Å². The fourth-order valence-electron chi connectivity index (χ4n) is 3.34. The molecule has 100 valence electrons. The van der Waals surface area contributed by atoms with Gasteiger partial charge in [-0.25, -0.2) is 0 Å². The first-order chi connectivity index (χ1) is 8.85. The molecule has 0 heterocycles. The van der Waals surface area contributed by atoms with Gasteiger partial charge >= 0.3 is 0 Å². The monoisotopic (exact) mass is 245 g/mol. The second-order valence-electron chi connectivity index (χ2n) is 5.65. The third-order valence-corrected chi connectivity index (χ3v) is 4.43. The molecule has 3 unspecified atom stereocenters. The highest BCUT2D eigenvalue weighted by molar-refractivity contribution is 5.20. The summed E-state index contributed by atoms with van der Waals surface area (Å²) in [6.07, 6.45) is 6.61. The first-order valence-corrected chi connectivity index (χ1v) is 7.63. The van der Waals surface area contributed by atoms with Crippen molar-refractivity contribution in [3.05, 3.63) is 35.9 Å². The van der Waals surface area contributed by atoms with E-state index in [1.807, 2.05) is 0 Å². The van der Waals surface area contributed by atoms with Crippen LogP contribution in [0.15, 0.2) is 30.3 Å². The molecule has 0 amide bonds. The first-order valence-electron chi connectivity index (χ1n) is 7.63. The van der Waals surface area contributed by atoms with Gasteiger partial charge in [-0.2, -0.15) is 0 Å². The lowest BCUT2D eigenvalue weighted by molar-refractivity contribution is 0.234. The molecule has 1 heteroatoms. The van der Waals surface area contributed by atoms with Crippen molar-refractivity contribution in [2.45, 2.75) is 57.9 Å². The molecule has 1 N–H and O–H groups in total. The molecule has 0 radical (unpaired) electrons. The zero-order valence-corrected chi connectivity index (χ0v) is 11.9. The summed E-state index contributed by atoms with van der Waals surface area (Å²) >= 11 is 0. The highest BCUT2D eigenvalue weighted by Gasteiger charge is 2.29. The zero-order chi connectivity index (χ0) is 12.8. The molecule has 0 aromatic heterocycles. The predicted molar refractivity (Wildman–Crippen MR) is 78.9 cm³/mol. The summed E-state index contributed by atoms with van der Waals surface area (Å²) in [6.45, 7) is 5.78. The molecule has 3 atom stereocenters. The second kappa shape index (κ2) is 6.94. The van der Waals surface area contributed by atoms with Crippen LogP contribution in [-0.2, 0) is 0 Å². The molecule has 1 aliphatic rings. The quantitative estimate of drug-likeness (QED) is 0.813. The normalized spacial score (nSPS) is 28.2. The Balaban J connectivity index is 1.96. The molecule has 1 saturated carbocycles. The SMILES string of the molecule is CCCNC1CCC(c2ccccc2)CC1CC. The van der Waals surface area contributed by atoms with Gasteiger partial charge in [-0.05, 0) is 49.6 Å². The summed E-state index contributed by atoms with van der Waals surface area (Å²) in [7, 11) is 0. The average Bonchev–Trinajstić information content (AvgIpc) is 2.46. The number of hydrogen-bond acceptors (Lipinski definition) is 1. The van der Waals surface area contributed by atoms with Crippen molar-refractivity contribution in [1.29, 1.82) is 0 Å². The lowest BCUT2D eigenvalue weighted by Crippen LogP contribution is -2.40. The van der Waals surface area contributed by atoms with E-state index in [0.717, 1.165) is 17.9 Å². The molecular weight excluding hydrogens is 218 g/mol. The highest BCUT2D eigenvalue weighted by Crippen LogP contribution is 2.37. The predicted octanol–water partition coefficient (Wildman–Crippen LogP) is 4.35. The summed E-state index contributed by atoms with van der Waals surface area (Å²) in [5.41, 5.74) is 1.55. The number of benzene rings is 1. The number of nitrogens with one attached hydrogen (secondary N) is 1. The minimum absolute atomic E-state index is 0.759. The first kappa shape index (κ1) is 13.6. The van der Waals surface area contributed by atoms with Crippen molar-refractivity contribution < 1.29 is 0 Å². The van der Waals surface area contributed by atoms with E-state index in [1.165, 1.54) is 38.6 Å². The fraction of sp³-hybridized carbons (Fsp3) is 0.647. The van der Waals surface area contributed by atoms with Crippen molar-refractivity contribution in [2.75, 3.05) is 6.54 Å². The molecular formula is C17H27N. The summed E-state index contributed by atoms with van der Waals surface area (Å²) in [5, 5.41) is 3.74. The highest BCUT2D eigenvalue weighted by atomic mass is 14.9. The molecule has 0 bridgehead atoms. The molecule has 0 saturated heterocycles. The molecule has 18 heavy (non-hydrogen) atoms. The molecule has 1 aliphatic carbocycles. The van der Waals surface area contributed by atoms with E-state index in [2.05, 4.69) is 49.5 Å². The Morgan fingerprint density at radius 1 is 1.11 bits per heavy atom. The lowest BCUT2D eigenvalue weighted by atomic mass is 9.74. The van der Waals surface area contributed by atoms with Crippen molar-refractivity contribution in [1.82, 2.24) is 5.32 Å². The van der Waals surface area contributed by atoms with Crippen LogP contribution in [0.2, 0.25) is 0 Å². The van der Waals surface area contributed by atoms with Gasteiger partial charge in [0, 0.05) is 6.04 Å². The van der Waals surface area contributed by atoms with Crippen LogP contribution in [0.4, 0.5) is 0 Å². The van der Waals surface area contributed by atoms with Crippen molar-refractivity contribution in [3.8, 4) is 0 Å². The van der Waals surface area contributed by atoms with Crippen LogP contribution in [-0.4, -0.2) is 12.6 Å². The minimum atomic E-state index is 0.759. The number of rotatable bonds is 5. The molecule has 0 aliphatic heterocycles. The van der Waals surface area contributed by atoms with Crippen LogP contribution in [0.3, 0.4) is 0 Å². The van der Waals surface area contributed by atoms with E-state index in [9.17, 15) is 0 Å². The Hall–Kier alpha value is -0.820. The second-order valence-corrected chi connectivity index (χ2v) is 5.65. The van der Waals surface area contributed by atoms with Crippen LogP contribution in [0.1, 0.15) is 57.4 Å². The van der Waals surface area contributed by atoms with E-state index >= 15 is 0 Å². The Morgan fingerprint density at radius 2 is 1.89 bits per heavy atom. The maximum absolute atomic E-state index is 3.74. The maximum atomic E-state index is 3.74. The van der Waals surface area contributed by atoms with Crippen molar-refractivity contribution in [3.63, 3.8) is 0 Å². The minimum Gasteiger partial charge on any atom is -0.314 e. The third-order valence-electron chi connectivity index (χ3n) is 4.43. The number of hydrogen-bond donors (Lipinski definition) is 1. The lowest BCUT2D eigenvalue weighted by Gasteiger charge is -2.36. The van der Waals surface area contributed by atoms with Gasteiger partial charge in [-0.15, -0.1) is 0 Å². The third kappa shape index (κ3) is 3.35. The van der Waals surface area contributed by atoms with E-state index in [4.69, 9.17) is 0 Å².